The third kappa shape index (κ3) is 5.08. The Morgan fingerprint density at radius 3 is 2.18 bits per heavy atom. The zero-order valence-corrected chi connectivity index (χ0v) is 10.6. The van der Waals surface area contributed by atoms with Crippen LogP contribution >= 0.6 is 0 Å². The van der Waals surface area contributed by atoms with Crippen LogP contribution in [0.3, 0.4) is 0 Å². The zero-order valence-electron chi connectivity index (χ0n) is 10.6. The first-order valence-electron chi connectivity index (χ1n) is 5.82. The number of carbonyl (C=O) groups is 3. The zero-order chi connectivity index (χ0) is 13.5. The van der Waals surface area contributed by atoms with Crippen molar-refractivity contribution in [2.75, 3.05) is 6.61 Å². The molecule has 0 aromatic heterocycles. The molecule has 1 N–H and O–H groups in total. The predicted molar refractivity (Wildman–Crippen MR) is 61.4 cm³/mol. The van der Waals surface area contributed by atoms with E-state index in [-0.39, 0.29) is 31.7 Å². The molecule has 5 heteroatoms. The van der Waals surface area contributed by atoms with Crippen LogP contribution in [0, 0.1) is 0 Å². The van der Waals surface area contributed by atoms with Crippen LogP contribution in [-0.2, 0) is 19.1 Å². The maximum absolute atomic E-state index is 11.5. The lowest BCUT2D eigenvalue weighted by atomic mass is 9.87. The van der Waals surface area contributed by atoms with Crippen LogP contribution in [0.5, 0.6) is 0 Å². The Kier molecular flexibility index (Phi) is 6.65. The van der Waals surface area contributed by atoms with E-state index in [9.17, 15) is 19.5 Å². The molecule has 0 aliphatic rings. The molecule has 0 aromatic carbocycles. The molecule has 0 saturated heterocycles. The molecule has 17 heavy (non-hydrogen) atoms. The Morgan fingerprint density at radius 2 is 1.76 bits per heavy atom. The third-order valence-electron chi connectivity index (χ3n) is 2.56. The number of esters is 1. The van der Waals surface area contributed by atoms with Gasteiger partial charge in [0.1, 0.15) is 17.8 Å². The fourth-order valence-electron chi connectivity index (χ4n) is 1.51. The summed E-state index contributed by atoms with van der Waals surface area (Å²) in [5, 5.41) is 9.98. The molecule has 5 nitrogen and oxygen atoms in total. The first-order chi connectivity index (χ1) is 7.89. The summed E-state index contributed by atoms with van der Waals surface area (Å²) in [6.45, 7) is 5.10. The van der Waals surface area contributed by atoms with Crippen LogP contribution in [-0.4, -0.2) is 34.9 Å². The smallest absolute Gasteiger partial charge is 0.313 e. The van der Waals surface area contributed by atoms with Crippen LogP contribution in [0.1, 0.15) is 46.5 Å². The number of hydrogen-bond acceptors (Lipinski definition) is 5. The molecule has 0 aliphatic heterocycles. The summed E-state index contributed by atoms with van der Waals surface area (Å²) in [6, 6.07) is 0. The van der Waals surface area contributed by atoms with Gasteiger partial charge in [-0.3, -0.25) is 14.4 Å². The molecular weight excluding hydrogens is 224 g/mol. The maximum atomic E-state index is 11.5. The molecule has 0 bridgehead atoms. The van der Waals surface area contributed by atoms with Gasteiger partial charge in [0, 0.05) is 12.8 Å². The van der Waals surface area contributed by atoms with Crippen molar-refractivity contribution < 1.29 is 24.2 Å². The summed E-state index contributed by atoms with van der Waals surface area (Å²) in [5.41, 5.74) is -1.64. The van der Waals surface area contributed by atoms with Crippen molar-refractivity contribution in [2.45, 2.75) is 52.1 Å². The van der Waals surface area contributed by atoms with Crippen molar-refractivity contribution in [1.82, 2.24) is 0 Å². The van der Waals surface area contributed by atoms with Gasteiger partial charge >= 0.3 is 5.97 Å². The van der Waals surface area contributed by atoms with Gasteiger partial charge in [-0.25, -0.2) is 0 Å². The summed E-state index contributed by atoms with van der Waals surface area (Å²) in [6.07, 6.45) is -0.395. The Hall–Kier alpha value is -1.23. The second-order valence-corrected chi connectivity index (χ2v) is 3.86. The lowest BCUT2D eigenvalue weighted by Crippen LogP contribution is -2.40. The molecule has 0 fully saturated rings. The van der Waals surface area contributed by atoms with Crippen LogP contribution in [0.15, 0.2) is 0 Å². The number of Topliss-reactive ketones (excluding diaryl/α,β-unsaturated/α-hetero) is 2. The number of carbonyl (C=O) groups excluding carboxylic acids is 3. The number of rotatable bonds is 8. The van der Waals surface area contributed by atoms with E-state index in [4.69, 9.17) is 0 Å². The van der Waals surface area contributed by atoms with Crippen molar-refractivity contribution in [3.63, 3.8) is 0 Å². The van der Waals surface area contributed by atoms with Gasteiger partial charge in [0.05, 0.1) is 6.61 Å². The number of aliphatic hydroxyl groups is 1. The van der Waals surface area contributed by atoms with Gasteiger partial charge in [-0.1, -0.05) is 13.8 Å². The van der Waals surface area contributed by atoms with Gasteiger partial charge in [-0.15, -0.1) is 0 Å². The van der Waals surface area contributed by atoms with E-state index >= 15 is 0 Å². The van der Waals surface area contributed by atoms with Gasteiger partial charge in [0.2, 0.25) is 0 Å². The number of ether oxygens (including phenoxy) is 1. The van der Waals surface area contributed by atoms with Crippen LogP contribution in [0.25, 0.3) is 0 Å². The van der Waals surface area contributed by atoms with E-state index in [1.807, 2.05) is 0 Å². The summed E-state index contributed by atoms with van der Waals surface area (Å²) in [7, 11) is 0. The molecule has 0 amide bonds. The Morgan fingerprint density at radius 1 is 1.18 bits per heavy atom. The highest BCUT2D eigenvalue weighted by molar-refractivity contribution is 5.99. The second-order valence-electron chi connectivity index (χ2n) is 3.86. The van der Waals surface area contributed by atoms with Gasteiger partial charge in [-0.05, 0) is 13.3 Å². The molecule has 1 unspecified atom stereocenters. The summed E-state index contributed by atoms with van der Waals surface area (Å²) in [4.78, 5) is 34.1. The Labute approximate surface area is 101 Å². The molecule has 98 valence electrons. The minimum atomic E-state index is -1.64. The molecule has 0 aromatic rings. The van der Waals surface area contributed by atoms with E-state index < -0.39 is 23.8 Å². The van der Waals surface area contributed by atoms with E-state index in [0.717, 1.165) is 0 Å². The SMILES string of the molecule is CCOC(=O)CC(=O)CC(O)(CC)C(=O)CC. The predicted octanol–water partition coefficient (Wildman–Crippen LogP) is 1.02. The highest BCUT2D eigenvalue weighted by Crippen LogP contribution is 2.19. The van der Waals surface area contributed by atoms with E-state index in [2.05, 4.69) is 4.74 Å². The molecule has 0 spiro atoms. The van der Waals surface area contributed by atoms with E-state index in [0.29, 0.717) is 0 Å². The van der Waals surface area contributed by atoms with Crippen LogP contribution in [0.2, 0.25) is 0 Å². The molecule has 0 heterocycles. The van der Waals surface area contributed by atoms with Crippen molar-refractivity contribution in [3.05, 3.63) is 0 Å². The van der Waals surface area contributed by atoms with Gasteiger partial charge in [0.25, 0.3) is 0 Å². The largest absolute Gasteiger partial charge is 0.466 e. The van der Waals surface area contributed by atoms with Crippen molar-refractivity contribution in [2.24, 2.45) is 0 Å². The molecule has 0 rings (SSSR count). The second kappa shape index (κ2) is 7.17. The molecule has 0 saturated carbocycles. The van der Waals surface area contributed by atoms with Crippen LogP contribution < -0.4 is 0 Å². The van der Waals surface area contributed by atoms with Crippen molar-refractivity contribution in [1.29, 1.82) is 0 Å². The van der Waals surface area contributed by atoms with Crippen molar-refractivity contribution in [3.8, 4) is 0 Å². The highest BCUT2D eigenvalue weighted by Gasteiger charge is 2.35. The molecular formula is C12H20O5. The highest BCUT2D eigenvalue weighted by atomic mass is 16.5. The summed E-state index contributed by atoms with van der Waals surface area (Å²) >= 11 is 0. The third-order valence-corrected chi connectivity index (χ3v) is 2.56. The number of hydrogen-bond donors (Lipinski definition) is 1. The maximum Gasteiger partial charge on any atom is 0.313 e. The van der Waals surface area contributed by atoms with Crippen molar-refractivity contribution >= 4 is 17.5 Å². The topological polar surface area (TPSA) is 80.7 Å². The first-order valence-corrected chi connectivity index (χ1v) is 5.82. The first kappa shape index (κ1) is 15.8. The van der Waals surface area contributed by atoms with Crippen LogP contribution in [0.4, 0.5) is 0 Å². The Bertz CT molecular complexity index is 297. The quantitative estimate of drug-likeness (QED) is 0.509. The molecule has 1 atom stereocenters. The fourth-order valence-corrected chi connectivity index (χ4v) is 1.51. The lowest BCUT2D eigenvalue weighted by molar-refractivity contribution is -0.149. The van der Waals surface area contributed by atoms with Gasteiger partial charge in [-0.2, -0.15) is 0 Å². The van der Waals surface area contributed by atoms with E-state index in [1.54, 1.807) is 20.8 Å². The average molecular weight is 244 g/mol. The normalized spacial score (nSPS) is 13.9. The molecule has 0 radical (unpaired) electrons. The minimum absolute atomic E-state index is 0.161. The number of ketones is 2. The standard InChI is InChI=1S/C12H20O5/c1-4-10(14)12(16,5-2)8-9(13)7-11(15)17-6-3/h16H,4-8H2,1-3H3. The summed E-state index contributed by atoms with van der Waals surface area (Å²) in [5.74, 6) is -1.48. The molecule has 0 aliphatic carbocycles. The minimum Gasteiger partial charge on any atom is -0.466 e. The average Bonchev–Trinajstić information content (AvgIpc) is 2.27. The Balaban J connectivity index is 4.43. The van der Waals surface area contributed by atoms with Gasteiger partial charge < -0.3 is 9.84 Å². The summed E-state index contributed by atoms with van der Waals surface area (Å²) < 4.78 is 4.62. The monoisotopic (exact) mass is 244 g/mol. The van der Waals surface area contributed by atoms with Gasteiger partial charge in [0.15, 0.2) is 5.78 Å². The lowest BCUT2D eigenvalue weighted by Gasteiger charge is -2.23. The fraction of sp³-hybridized carbons (Fsp3) is 0.750. The van der Waals surface area contributed by atoms with E-state index in [1.165, 1.54) is 0 Å².